The molecule has 0 saturated heterocycles. The molecule has 2 N–H and O–H groups in total. The lowest BCUT2D eigenvalue weighted by atomic mass is 9.47. The number of aliphatic hydroxyl groups is 1. The summed E-state index contributed by atoms with van der Waals surface area (Å²) >= 11 is 0. The molecular formula is C14H26ClNO. The Morgan fingerprint density at radius 2 is 1.82 bits per heavy atom. The molecule has 2 nitrogen and oxygen atoms in total. The van der Waals surface area contributed by atoms with Gasteiger partial charge in [0.1, 0.15) is 0 Å². The van der Waals surface area contributed by atoms with Gasteiger partial charge in [-0.25, -0.2) is 0 Å². The molecule has 4 aliphatic carbocycles. The van der Waals surface area contributed by atoms with Gasteiger partial charge in [-0.15, -0.1) is 12.4 Å². The minimum atomic E-state index is -0.280. The number of hydrogen-bond donors (Lipinski definition) is 2. The summed E-state index contributed by atoms with van der Waals surface area (Å²) in [6, 6.07) is 0.597. The minimum Gasteiger partial charge on any atom is -0.390 e. The highest BCUT2D eigenvalue weighted by Crippen LogP contribution is 2.63. The SMILES string of the molecule is CNC(C)CC12CC3CC(CC(O)(C3)C1)C2.Cl. The highest BCUT2D eigenvalue weighted by Gasteiger charge is 2.56. The van der Waals surface area contributed by atoms with E-state index in [0.717, 1.165) is 31.1 Å². The number of rotatable bonds is 3. The maximum absolute atomic E-state index is 10.6. The van der Waals surface area contributed by atoms with E-state index in [2.05, 4.69) is 19.3 Å². The molecule has 0 aromatic rings. The van der Waals surface area contributed by atoms with Gasteiger partial charge in [-0.2, -0.15) is 0 Å². The Morgan fingerprint density at radius 3 is 2.29 bits per heavy atom. The second-order valence-electron chi connectivity index (χ2n) is 7.08. The van der Waals surface area contributed by atoms with Gasteiger partial charge in [0.25, 0.3) is 0 Å². The summed E-state index contributed by atoms with van der Waals surface area (Å²) in [5.74, 6) is 1.66. The first-order chi connectivity index (χ1) is 7.53. The first kappa shape index (κ1) is 13.6. The molecule has 0 amide bonds. The molecule has 4 rings (SSSR count). The third-order valence-electron chi connectivity index (χ3n) is 5.38. The molecule has 4 fully saturated rings. The molecule has 0 aliphatic heterocycles. The first-order valence-corrected chi connectivity index (χ1v) is 6.92. The van der Waals surface area contributed by atoms with Crippen LogP contribution in [0.3, 0.4) is 0 Å². The molecule has 0 spiro atoms. The fourth-order valence-corrected chi connectivity index (χ4v) is 5.39. The van der Waals surface area contributed by atoms with Crippen LogP contribution in [0.15, 0.2) is 0 Å². The van der Waals surface area contributed by atoms with Crippen LogP contribution >= 0.6 is 12.4 Å². The number of halogens is 1. The van der Waals surface area contributed by atoms with Gasteiger partial charge in [-0.1, -0.05) is 0 Å². The smallest absolute Gasteiger partial charge is 0.0658 e. The summed E-state index contributed by atoms with van der Waals surface area (Å²) < 4.78 is 0. The Balaban J connectivity index is 0.00000108. The van der Waals surface area contributed by atoms with Crippen LogP contribution in [-0.4, -0.2) is 23.8 Å². The molecule has 3 atom stereocenters. The molecule has 4 aliphatic rings. The van der Waals surface area contributed by atoms with E-state index in [1.54, 1.807) is 0 Å². The van der Waals surface area contributed by atoms with Crippen LogP contribution in [-0.2, 0) is 0 Å². The van der Waals surface area contributed by atoms with Crippen molar-refractivity contribution < 1.29 is 5.11 Å². The molecular weight excluding hydrogens is 234 g/mol. The van der Waals surface area contributed by atoms with Gasteiger partial charge in [0.05, 0.1) is 5.60 Å². The Morgan fingerprint density at radius 1 is 1.24 bits per heavy atom. The highest BCUT2D eigenvalue weighted by atomic mass is 35.5. The molecule has 0 aromatic carbocycles. The van der Waals surface area contributed by atoms with Crippen molar-refractivity contribution in [1.82, 2.24) is 5.32 Å². The third-order valence-corrected chi connectivity index (χ3v) is 5.38. The standard InChI is InChI=1S/C14H25NO.ClH/c1-10(15-2)4-13-5-11-3-12(6-13)8-14(16,7-11)9-13;/h10-12,15-16H,3-9H2,1-2H3;1H. The van der Waals surface area contributed by atoms with Crippen LogP contribution in [0.2, 0.25) is 0 Å². The zero-order valence-corrected chi connectivity index (χ0v) is 11.9. The van der Waals surface area contributed by atoms with Crippen molar-refractivity contribution in [3.05, 3.63) is 0 Å². The van der Waals surface area contributed by atoms with Crippen molar-refractivity contribution in [3.8, 4) is 0 Å². The summed E-state index contributed by atoms with van der Waals surface area (Å²) in [4.78, 5) is 0. The summed E-state index contributed by atoms with van der Waals surface area (Å²) in [6.07, 6.45) is 8.71. The van der Waals surface area contributed by atoms with Crippen molar-refractivity contribution in [1.29, 1.82) is 0 Å². The van der Waals surface area contributed by atoms with E-state index in [1.165, 1.54) is 25.7 Å². The Labute approximate surface area is 111 Å². The maximum Gasteiger partial charge on any atom is 0.0658 e. The van der Waals surface area contributed by atoms with Crippen LogP contribution in [0.25, 0.3) is 0 Å². The van der Waals surface area contributed by atoms with Gasteiger partial charge in [0.15, 0.2) is 0 Å². The van der Waals surface area contributed by atoms with Crippen molar-refractivity contribution in [2.45, 2.75) is 63.5 Å². The Hall–Kier alpha value is 0.210. The van der Waals surface area contributed by atoms with Gasteiger partial charge >= 0.3 is 0 Å². The van der Waals surface area contributed by atoms with E-state index in [-0.39, 0.29) is 18.0 Å². The van der Waals surface area contributed by atoms with Crippen LogP contribution in [0.1, 0.15) is 51.9 Å². The number of hydrogen-bond acceptors (Lipinski definition) is 2. The topological polar surface area (TPSA) is 32.3 Å². The van der Waals surface area contributed by atoms with Gasteiger partial charge in [-0.3, -0.25) is 0 Å². The van der Waals surface area contributed by atoms with E-state index in [4.69, 9.17) is 0 Å². The van der Waals surface area contributed by atoms with Crippen molar-refractivity contribution in [2.75, 3.05) is 7.05 Å². The fraction of sp³-hybridized carbons (Fsp3) is 1.00. The molecule has 3 unspecified atom stereocenters. The molecule has 17 heavy (non-hydrogen) atoms. The molecule has 4 bridgehead atoms. The van der Waals surface area contributed by atoms with Crippen LogP contribution in [0.4, 0.5) is 0 Å². The predicted octanol–water partition coefficient (Wildman–Crippen LogP) is 2.74. The fourth-order valence-electron chi connectivity index (χ4n) is 5.39. The summed E-state index contributed by atoms with van der Waals surface area (Å²) in [5, 5.41) is 14.0. The quantitative estimate of drug-likeness (QED) is 0.817. The van der Waals surface area contributed by atoms with E-state index in [1.807, 2.05) is 0 Å². The normalized spacial score (nSPS) is 48.9. The van der Waals surface area contributed by atoms with Crippen LogP contribution < -0.4 is 5.32 Å². The zero-order valence-electron chi connectivity index (χ0n) is 11.0. The first-order valence-electron chi connectivity index (χ1n) is 6.92. The molecule has 100 valence electrons. The molecule has 3 heteroatoms. The monoisotopic (exact) mass is 259 g/mol. The Bertz CT molecular complexity index is 280. The van der Waals surface area contributed by atoms with Gasteiger partial charge in [-0.05, 0) is 76.2 Å². The average molecular weight is 260 g/mol. The molecule has 4 saturated carbocycles. The minimum absolute atomic E-state index is 0. The Kier molecular flexibility index (Phi) is 3.53. The van der Waals surface area contributed by atoms with Crippen molar-refractivity contribution in [2.24, 2.45) is 17.3 Å². The summed E-state index contributed by atoms with van der Waals surface area (Å²) in [5.41, 5.74) is 0.193. The molecule has 0 aromatic heterocycles. The average Bonchev–Trinajstić information content (AvgIpc) is 2.12. The van der Waals surface area contributed by atoms with Gasteiger partial charge in [0, 0.05) is 6.04 Å². The lowest BCUT2D eigenvalue weighted by molar-refractivity contribution is -0.167. The highest BCUT2D eigenvalue weighted by molar-refractivity contribution is 5.85. The van der Waals surface area contributed by atoms with Crippen molar-refractivity contribution in [3.63, 3.8) is 0 Å². The molecule has 0 radical (unpaired) electrons. The number of nitrogens with one attached hydrogen (secondary N) is 1. The van der Waals surface area contributed by atoms with Crippen molar-refractivity contribution >= 4 is 12.4 Å². The lowest BCUT2D eigenvalue weighted by Crippen LogP contribution is -2.56. The second-order valence-corrected chi connectivity index (χ2v) is 7.08. The van der Waals surface area contributed by atoms with Crippen LogP contribution in [0, 0.1) is 17.3 Å². The zero-order chi connectivity index (χ0) is 11.4. The predicted molar refractivity (Wildman–Crippen MR) is 72.5 cm³/mol. The molecule has 0 heterocycles. The van der Waals surface area contributed by atoms with E-state index < -0.39 is 0 Å². The largest absolute Gasteiger partial charge is 0.390 e. The van der Waals surface area contributed by atoms with E-state index in [9.17, 15) is 5.11 Å². The van der Waals surface area contributed by atoms with Gasteiger partial charge in [0.2, 0.25) is 0 Å². The summed E-state index contributed by atoms with van der Waals surface area (Å²) in [7, 11) is 2.06. The van der Waals surface area contributed by atoms with E-state index >= 15 is 0 Å². The maximum atomic E-state index is 10.6. The second kappa shape index (κ2) is 4.40. The summed E-state index contributed by atoms with van der Waals surface area (Å²) in [6.45, 7) is 2.28. The third kappa shape index (κ3) is 2.36. The lowest BCUT2D eigenvalue weighted by Gasteiger charge is -2.61. The van der Waals surface area contributed by atoms with Gasteiger partial charge < -0.3 is 10.4 Å². The van der Waals surface area contributed by atoms with Crippen LogP contribution in [0.5, 0.6) is 0 Å². The van der Waals surface area contributed by atoms with E-state index in [0.29, 0.717) is 11.5 Å².